The number of aromatic nitrogens is 1. The lowest BCUT2D eigenvalue weighted by atomic mass is 9.98. The molecule has 248 valence electrons. The molecule has 53 heavy (non-hydrogen) atoms. The van der Waals surface area contributed by atoms with Crippen molar-refractivity contribution in [2.24, 2.45) is 0 Å². The Labute approximate surface area is 311 Å². The highest BCUT2D eigenvalue weighted by molar-refractivity contribution is 6.19. The summed E-state index contributed by atoms with van der Waals surface area (Å²) in [5.74, 6) is 0. The number of hydrogen-bond acceptors (Lipinski definition) is 2. The molecule has 0 saturated heterocycles. The van der Waals surface area contributed by atoms with Gasteiger partial charge in [-0.25, -0.2) is 0 Å². The van der Waals surface area contributed by atoms with Crippen LogP contribution in [-0.2, 0) is 0 Å². The standard InChI is InChI=1S/C50H32N2O/c1-3-17-39-33(12-1)14-9-21-40(39)35-26-29-36(30-27-35)51(47-24-11-25-48-49(47)44-31-28-34-13-2-4-18-41(34)50(44)53-48)37-15-10-16-38(32-37)52-45-22-7-5-19-42(45)43-20-6-8-23-46(43)52/h1-32H/i10D,15D,16D,32D. The molecular formula is C50H32N2O. The fourth-order valence-corrected chi connectivity index (χ4v) is 8.09. The Kier molecular flexibility index (Phi) is 5.71. The maximum absolute atomic E-state index is 10.1. The van der Waals surface area contributed by atoms with Crippen LogP contribution in [0.25, 0.3) is 82.1 Å². The first-order valence-corrected chi connectivity index (χ1v) is 17.8. The molecule has 0 amide bonds. The lowest BCUT2D eigenvalue weighted by Gasteiger charge is -2.27. The van der Waals surface area contributed by atoms with E-state index in [9.17, 15) is 5.48 Å². The number of rotatable bonds is 5. The minimum Gasteiger partial charge on any atom is -0.455 e. The van der Waals surface area contributed by atoms with Crippen LogP contribution in [0, 0.1) is 0 Å². The number of fused-ring (bicyclic) bond motifs is 9. The Bertz CT molecular complexity index is 3360. The Morgan fingerprint density at radius 3 is 1.91 bits per heavy atom. The zero-order chi connectivity index (χ0) is 38.4. The first kappa shape index (κ1) is 25.8. The van der Waals surface area contributed by atoms with Gasteiger partial charge >= 0.3 is 0 Å². The van der Waals surface area contributed by atoms with Gasteiger partial charge in [-0.2, -0.15) is 0 Å². The lowest BCUT2D eigenvalue weighted by molar-refractivity contribution is 0.672. The molecule has 3 heteroatoms. The summed E-state index contributed by atoms with van der Waals surface area (Å²) in [6.45, 7) is 0. The molecule has 2 aromatic heterocycles. The third-order valence-corrected chi connectivity index (χ3v) is 10.5. The van der Waals surface area contributed by atoms with Crippen LogP contribution in [0.5, 0.6) is 0 Å². The molecule has 0 N–H and O–H groups in total. The zero-order valence-electron chi connectivity index (χ0n) is 32.5. The quantitative estimate of drug-likeness (QED) is 0.180. The minimum absolute atomic E-state index is 0.0270. The van der Waals surface area contributed by atoms with Crippen molar-refractivity contribution in [1.29, 1.82) is 0 Å². The fourth-order valence-electron chi connectivity index (χ4n) is 8.09. The molecule has 0 aliphatic carbocycles. The summed E-state index contributed by atoms with van der Waals surface area (Å²) >= 11 is 0. The minimum atomic E-state index is -0.259. The second-order valence-corrected chi connectivity index (χ2v) is 13.4. The van der Waals surface area contributed by atoms with Gasteiger partial charge in [0.05, 0.1) is 27.6 Å². The summed E-state index contributed by atoms with van der Waals surface area (Å²) in [6.07, 6.45) is 0. The number of furan rings is 1. The summed E-state index contributed by atoms with van der Waals surface area (Å²) in [5, 5.41) is 8.06. The molecule has 11 aromatic rings. The molecule has 0 saturated carbocycles. The molecular weight excluding hydrogens is 645 g/mol. The monoisotopic (exact) mass is 680 g/mol. The fraction of sp³-hybridized carbons (Fsp3) is 0. The molecule has 0 atom stereocenters. The van der Waals surface area contributed by atoms with E-state index in [1.54, 1.807) is 0 Å². The van der Waals surface area contributed by atoms with Crippen LogP contribution in [0.3, 0.4) is 0 Å². The van der Waals surface area contributed by atoms with E-state index in [-0.39, 0.29) is 35.5 Å². The molecule has 11 rings (SSSR count). The van der Waals surface area contributed by atoms with E-state index in [1.807, 2.05) is 107 Å². The van der Waals surface area contributed by atoms with Crippen molar-refractivity contribution in [3.8, 4) is 16.8 Å². The van der Waals surface area contributed by atoms with Crippen molar-refractivity contribution in [2.75, 3.05) is 4.90 Å². The highest BCUT2D eigenvalue weighted by atomic mass is 16.3. The second kappa shape index (κ2) is 11.7. The van der Waals surface area contributed by atoms with E-state index in [0.717, 1.165) is 70.8 Å². The zero-order valence-corrected chi connectivity index (χ0v) is 28.5. The van der Waals surface area contributed by atoms with E-state index in [0.29, 0.717) is 17.0 Å². The lowest BCUT2D eigenvalue weighted by Crippen LogP contribution is -2.11. The second-order valence-electron chi connectivity index (χ2n) is 13.4. The first-order chi connectivity index (χ1) is 28.0. The average Bonchev–Trinajstić information content (AvgIpc) is 3.81. The maximum atomic E-state index is 10.1. The Hall–Kier alpha value is -7.10. The van der Waals surface area contributed by atoms with Crippen molar-refractivity contribution in [3.63, 3.8) is 0 Å². The van der Waals surface area contributed by atoms with E-state index in [1.165, 1.54) is 0 Å². The van der Waals surface area contributed by atoms with Gasteiger partial charge in [0.1, 0.15) is 11.2 Å². The van der Waals surface area contributed by atoms with E-state index >= 15 is 0 Å². The molecule has 0 bridgehead atoms. The topological polar surface area (TPSA) is 21.3 Å². The van der Waals surface area contributed by atoms with Crippen LogP contribution in [-0.4, -0.2) is 4.57 Å². The number of anilines is 3. The summed E-state index contributed by atoms with van der Waals surface area (Å²) in [4.78, 5) is 1.92. The summed E-state index contributed by atoms with van der Waals surface area (Å²) < 4.78 is 46.9. The smallest absolute Gasteiger partial charge is 0.143 e. The molecule has 0 aliphatic heterocycles. The molecule has 0 aliphatic rings. The Balaban J connectivity index is 1.22. The van der Waals surface area contributed by atoms with Crippen molar-refractivity contribution in [2.45, 2.75) is 0 Å². The molecule has 0 radical (unpaired) electrons. The van der Waals surface area contributed by atoms with Crippen LogP contribution < -0.4 is 4.90 Å². The van der Waals surface area contributed by atoms with Crippen LogP contribution in [0.15, 0.2) is 198 Å². The van der Waals surface area contributed by atoms with Crippen LogP contribution >= 0.6 is 0 Å². The van der Waals surface area contributed by atoms with Gasteiger partial charge in [-0.05, 0) is 87.9 Å². The average molecular weight is 681 g/mol. The van der Waals surface area contributed by atoms with Gasteiger partial charge in [0.15, 0.2) is 0 Å². The van der Waals surface area contributed by atoms with Crippen LogP contribution in [0.1, 0.15) is 5.48 Å². The van der Waals surface area contributed by atoms with Crippen molar-refractivity contribution < 1.29 is 9.90 Å². The Morgan fingerprint density at radius 2 is 1.13 bits per heavy atom. The SMILES string of the molecule is [2H]c1c([2H])c(N(c2ccc(-c3cccc4ccccc34)cc2)c2cccc3oc4c5ccccc5ccc4c23)c([2H])c(-n2c3ccccc3c3ccccc32)c1[2H]. The number of benzene rings is 9. The molecule has 0 fully saturated rings. The Morgan fingerprint density at radius 1 is 0.491 bits per heavy atom. The molecule has 2 heterocycles. The van der Waals surface area contributed by atoms with Gasteiger partial charge in [-0.1, -0.05) is 133 Å². The number of hydrogen-bond donors (Lipinski definition) is 0. The number of para-hydroxylation sites is 2. The van der Waals surface area contributed by atoms with E-state index in [2.05, 4.69) is 72.8 Å². The highest BCUT2D eigenvalue weighted by Crippen LogP contribution is 2.45. The van der Waals surface area contributed by atoms with E-state index < -0.39 is 0 Å². The molecule has 0 unspecified atom stereocenters. The van der Waals surface area contributed by atoms with Gasteiger partial charge in [0.25, 0.3) is 0 Å². The number of nitrogens with zero attached hydrogens (tertiary/aromatic N) is 2. The van der Waals surface area contributed by atoms with Crippen molar-refractivity contribution in [1.82, 2.24) is 4.57 Å². The molecule has 3 nitrogen and oxygen atoms in total. The van der Waals surface area contributed by atoms with Crippen LogP contribution in [0.2, 0.25) is 0 Å². The van der Waals surface area contributed by atoms with Crippen molar-refractivity contribution in [3.05, 3.63) is 194 Å². The largest absolute Gasteiger partial charge is 0.455 e. The normalized spacial score (nSPS) is 12.8. The molecule has 0 spiro atoms. The maximum Gasteiger partial charge on any atom is 0.143 e. The third kappa shape index (κ3) is 4.61. The van der Waals surface area contributed by atoms with E-state index in [4.69, 9.17) is 4.42 Å². The third-order valence-electron chi connectivity index (χ3n) is 10.5. The van der Waals surface area contributed by atoms with Crippen LogP contribution in [0.4, 0.5) is 17.1 Å². The van der Waals surface area contributed by atoms with Gasteiger partial charge in [-0.15, -0.1) is 0 Å². The van der Waals surface area contributed by atoms with Gasteiger partial charge in [0.2, 0.25) is 0 Å². The highest BCUT2D eigenvalue weighted by Gasteiger charge is 2.21. The molecule has 9 aromatic carbocycles. The summed E-state index contributed by atoms with van der Waals surface area (Å²) in [5.41, 5.74) is 7.05. The van der Waals surface area contributed by atoms with Gasteiger partial charge in [0, 0.05) is 38.6 Å². The predicted octanol–water partition coefficient (Wildman–Crippen LogP) is 14.1. The van der Waals surface area contributed by atoms with Crippen molar-refractivity contribution >= 4 is 82.4 Å². The summed E-state index contributed by atoms with van der Waals surface area (Å²) in [7, 11) is 0. The summed E-state index contributed by atoms with van der Waals surface area (Å²) in [6, 6.07) is 56.3. The van der Waals surface area contributed by atoms with Gasteiger partial charge < -0.3 is 13.9 Å². The first-order valence-electron chi connectivity index (χ1n) is 19.8. The van der Waals surface area contributed by atoms with Gasteiger partial charge in [-0.3, -0.25) is 0 Å². The predicted molar refractivity (Wildman–Crippen MR) is 223 cm³/mol.